The summed E-state index contributed by atoms with van der Waals surface area (Å²) in [6, 6.07) is 0.0175. The van der Waals surface area contributed by atoms with Crippen LogP contribution < -0.4 is 5.32 Å². The lowest BCUT2D eigenvalue weighted by Gasteiger charge is -2.21. The maximum absolute atomic E-state index is 12.0. The number of carbonyl (C=O) groups excluding carboxylic acids is 1. The second kappa shape index (κ2) is 5.69. The van der Waals surface area contributed by atoms with E-state index in [1.807, 2.05) is 6.92 Å². The van der Waals surface area contributed by atoms with Crippen molar-refractivity contribution in [1.29, 1.82) is 0 Å². The van der Waals surface area contributed by atoms with Gasteiger partial charge in [-0.3, -0.25) is 9.59 Å². The molecule has 1 aliphatic carbocycles. The van der Waals surface area contributed by atoms with Crippen LogP contribution in [-0.4, -0.2) is 35.7 Å². The summed E-state index contributed by atoms with van der Waals surface area (Å²) >= 11 is 0. The third-order valence-corrected chi connectivity index (χ3v) is 4.05. The molecule has 5 nitrogen and oxygen atoms in total. The van der Waals surface area contributed by atoms with Gasteiger partial charge in [-0.1, -0.05) is 0 Å². The van der Waals surface area contributed by atoms with Crippen LogP contribution in [0.5, 0.6) is 0 Å². The van der Waals surface area contributed by atoms with Gasteiger partial charge in [-0.15, -0.1) is 0 Å². The molecule has 1 aliphatic heterocycles. The van der Waals surface area contributed by atoms with Crippen molar-refractivity contribution >= 4 is 11.9 Å². The summed E-state index contributed by atoms with van der Waals surface area (Å²) in [5.74, 6) is -1.28. The predicted molar refractivity (Wildman–Crippen MR) is 65.0 cm³/mol. The van der Waals surface area contributed by atoms with Crippen LogP contribution in [0.4, 0.5) is 0 Å². The summed E-state index contributed by atoms with van der Waals surface area (Å²) in [7, 11) is 0. The molecule has 2 fully saturated rings. The number of carboxylic acid groups (broad SMARTS) is 1. The minimum absolute atomic E-state index is 0.0123. The third kappa shape index (κ3) is 3.02. The first-order valence-electron chi connectivity index (χ1n) is 6.72. The van der Waals surface area contributed by atoms with E-state index >= 15 is 0 Å². The number of hydrogen-bond acceptors (Lipinski definition) is 3. The molecule has 0 aromatic carbocycles. The van der Waals surface area contributed by atoms with E-state index in [-0.39, 0.29) is 29.9 Å². The van der Waals surface area contributed by atoms with Gasteiger partial charge >= 0.3 is 5.97 Å². The summed E-state index contributed by atoms with van der Waals surface area (Å²) < 4.78 is 5.53. The average molecular weight is 255 g/mol. The van der Waals surface area contributed by atoms with Crippen LogP contribution in [0.15, 0.2) is 0 Å². The van der Waals surface area contributed by atoms with E-state index in [0.717, 1.165) is 19.4 Å². The Kier molecular flexibility index (Phi) is 4.22. The molecule has 1 heterocycles. The van der Waals surface area contributed by atoms with Crippen molar-refractivity contribution in [3.05, 3.63) is 0 Å². The van der Waals surface area contributed by atoms with Crippen molar-refractivity contribution in [2.24, 2.45) is 11.8 Å². The normalized spacial score (nSPS) is 33.3. The molecule has 2 unspecified atom stereocenters. The van der Waals surface area contributed by atoms with Crippen molar-refractivity contribution in [3.63, 3.8) is 0 Å². The van der Waals surface area contributed by atoms with Crippen LogP contribution in [0.2, 0.25) is 0 Å². The fraction of sp³-hybridized carbons (Fsp3) is 0.846. The fourth-order valence-electron chi connectivity index (χ4n) is 2.88. The van der Waals surface area contributed by atoms with Gasteiger partial charge in [0.25, 0.3) is 0 Å². The summed E-state index contributed by atoms with van der Waals surface area (Å²) in [6.07, 6.45) is 3.92. The van der Waals surface area contributed by atoms with Crippen LogP contribution in [0.1, 0.15) is 39.0 Å². The summed E-state index contributed by atoms with van der Waals surface area (Å²) in [5, 5.41) is 11.9. The molecular weight excluding hydrogens is 234 g/mol. The SMILES string of the molecule is CC(NC(=O)[C@@H]1CC[C@H](C(=O)O)C1)C1CCCO1. The highest BCUT2D eigenvalue weighted by Gasteiger charge is 2.35. The Morgan fingerprint density at radius 2 is 2.00 bits per heavy atom. The van der Waals surface area contributed by atoms with Gasteiger partial charge < -0.3 is 15.2 Å². The summed E-state index contributed by atoms with van der Waals surface area (Å²) in [6.45, 7) is 2.73. The molecule has 18 heavy (non-hydrogen) atoms. The zero-order valence-corrected chi connectivity index (χ0v) is 10.7. The quantitative estimate of drug-likeness (QED) is 0.790. The highest BCUT2D eigenvalue weighted by Crippen LogP contribution is 2.31. The maximum atomic E-state index is 12.0. The van der Waals surface area contributed by atoms with Crippen molar-refractivity contribution in [2.75, 3.05) is 6.61 Å². The van der Waals surface area contributed by atoms with E-state index in [1.165, 1.54) is 0 Å². The van der Waals surface area contributed by atoms with E-state index in [0.29, 0.717) is 19.3 Å². The van der Waals surface area contributed by atoms with Crippen LogP contribution in [0.25, 0.3) is 0 Å². The molecule has 0 aromatic heterocycles. The van der Waals surface area contributed by atoms with Gasteiger partial charge in [0.2, 0.25) is 5.91 Å². The van der Waals surface area contributed by atoms with Gasteiger partial charge in [-0.25, -0.2) is 0 Å². The zero-order valence-electron chi connectivity index (χ0n) is 10.7. The Balaban J connectivity index is 1.79. The molecule has 2 rings (SSSR count). The van der Waals surface area contributed by atoms with Crippen LogP contribution in [0, 0.1) is 11.8 Å². The second-order valence-corrected chi connectivity index (χ2v) is 5.39. The highest BCUT2D eigenvalue weighted by molar-refractivity contribution is 5.81. The molecule has 5 heteroatoms. The number of ether oxygens (including phenoxy) is 1. The Labute approximate surface area is 107 Å². The zero-order chi connectivity index (χ0) is 13.1. The van der Waals surface area contributed by atoms with Crippen LogP contribution in [0.3, 0.4) is 0 Å². The largest absolute Gasteiger partial charge is 0.481 e. The van der Waals surface area contributed by atoms with E-state index in [9.17, 15) is 9.59 Å². The minimum Gasteiger partial charge on any atom is -0.481 e. The van der Waals surface area contributed by atoms with Gasteiger partial charge in [-0.05, 0) is 39.0 Å². The molecular formula is C13H21NO4. The predicted octanol–water partition coefficient (Wildman–Crippen LogP) is 1.17. The number of aliphatic carboxylic acids is 1. The Hall–Kier alpha value is -1.10. The molecule has 1 amide bonds. The van der Waals surface area contributed by atoms with E-state index < -0.39 is 5.97 Å². The van der Waals surface area contributed by atoms with Gasteiger partial charge in [0.1, 0.15) is 0 Å². The van der Waals surface area contributed by atoms with Gasteiger partial charge in [0.15, 0.2) is 0 Å². The Morgan fingerprint density at radius 3 is 2.56 bits per heavy atom. The number of rotatable bonds is 4. The average Bonchev–Trinajstić information content (AvgIpc) is 3.00. The second-order valence-electron chi connectivity index (χ2n) is 5.39. The highest BCUT2D eigenvalue weighted by atomic mass is 16.5. The first kappa shape index (κ1) is 13.3. The van der Waals surface area contributed by atoms with E-state index in [4.69, 9.17) is 9.84 Å². The first-order valence-corrected chi connectivity index (χ1v) is 6.72. The summed E-state index contributed by atoms with van der Waals surface area (Å²) in [5.41, 5.74) is 0. The molecule has 102 valence electrons. The minimum atomic E-state index is -0.780. The molecule has 2 aliphatic rings. The number of hydrogen-bond donors (Lipinski definition) is 2. The Morgan fingerprint density at radius 1 is 1.28 bits per heavy atom. The number of carboxylic acids is 1. The molecule has 0 aromatic rings. The van der Waals surface area contributed by atoms with Gasteiger partial charge in [0.05, 0.1) is 18.1 Å². The number of nitrogens with one attached hydrogen (secondary N) is 1. The van der Waals surface area contributed by atoms with Gasteiger partial charge in [0, 0.05) is 12.5 Å². The van der Waals surface area contributed by atoms with Crippen molar-refractivity contribution in [2.45, 2.75) is 51.2 Å². The van der Waals surface area contributed by atoms with Crippen LogP contribution in [-0.2, 0) is 14.3 Å². The lowest BCUT2D eigenvalue weighted by molar-refractivity contribution is -0.141. The van der Waals surface area contributed by atoms with Crippen molar-refractivity contribution < 1.29 is 19.4 Å². The van der Waals surface area contributed by atoms with Crippen molar-refractivity contribution in [3.8, 4) is 0 Å². The number of amides is 1. The molecule has 1 saturated carbocycles. The molecule has 2 N–H and O–H groups in total. The lowest BCUT2D eigenvalue weighted by Crippen LogP contribution is -2.43. The Bertz CT molecular complexity index is 325. The lowest BCUT2D eigenvalue weighted by atomic mass is 10.0. The maximum Gasteiger partial charge on any atom is 0.306 e. The first-order chi connectivity index (χ1) is 8.58. The van der Waals surface area contributed by atoms with E-state index in [2.05, 4.69) is 5.32 Å². The monoisotopic (exact) mass is 255 g/mol. The van der Waals surface area contributed by atoms with Crippen molar-refractivity contribution in [1.82, 2.24) is 5.32 Å². The third-order valence-electron chi connectivity index (χ3n) is 4.05. The molecule has 0 bridgehead atoms. The van der Waals surface area contributed by atoms with E-state index in [1.54, 1.807) is 0 Å². The fourth-order valence-corrected chi connectivity index (χ4v) is 2.88. The molecule has 0 radical (unpaired) electrons. The molecule has 0 spiro atoms. The molecule has 4 atom stereocenters. The van der Waals surface area contributed by atoms with Gasteiger partial charge in [-0.2, -0.15) is 0 Å². The molecule has 1 saturated heterocycles. The number of carbonyl (C=O) groups is 2. The smallest absolute Gasteiger partial charge is 0.306 e. The van der Waals surface area contributed by atoms with Crippen LogP contribution >= 0.6 is 0 Å². The standard InChI is InChI=1S/C13H21NO4/c1-8(11-3-2-6-18-11)14-12(15)9-4-5-10(7-9)13(16)17/h8-11H,2-7H2,1H3,(H,14,15)(H,16,17)/t8?,9-,10+,11?/m1/s1. The summed E-state index contributed by atoms with van der Waals surface area (Å²) in [4.78, 5) is 22.9. The topological polar surface area (TPSA) is 75.6 Å².